The summed E-state index contributed by atoms with van der Waals surface area (Å²) >= 11 is 0. The molecule has 0 saturated heterocycles. The molecule has 7 nitrogen and oxygen atoms in total. The molecule has 0 aliphatic carbocycles. The molecule has 1 amide bonds. The monoisotopic (exact) mass is 342 g/mol. The summed E-state index contributed by atoms with van der Waals surface area (Å²) in [4.78, 5) is 17.1. The molecule has 132 valence electrons. The van der Waals surface area contributed by atoms with E-state index in [9.17, 15) is 4.79 Å². The maximum absolute atomic E-state index is 12.9. The third-order valence-corrected chi connectivity index (χ3v) is 4.34. The van der Waals surface area contributed by atoms with Gasteiger partial charge in [0.05, 0.1) is 12.7 Å². The Bertz CT molecular complexity index is 926. The van der Waals surface area contributed by atoms with Gasteiger partial charge in [-0.25, -0.2) is 0 Å². The predicted molar refractivity (Wildman–Crippen MR) is 93.8 cm³/mol. The lowest BCUT2D eigenvalue weighted by molar-refractivity contribution is 0.0933. The number of nitrogens with one attached hydrogen (secondary N) is 1. The topological polar surface area (TPSA) is 82.2 Å². The van der Waals surface area contributed by atoms with Gasteiger partial charge < -0.3 is 19.1 Å². The van der Waals surface area contributed by atoms with Crippen LogP contribution in [-0.2, 0) is 6.54 Å². The number of aromatic nitrogens is 3. The zero-order valence-corrected chi connectivity index (χ0v) is 15.1. The molecule has 0 bridgehead atoms. The van der Waals surface area contributed by atoms with Crippen LogP contribution in [-0.4, -0.2) is 27.7 Å². The Labute approximate surface area is 146 Å². The number of hydrogen-bond donors (Lipinski definition) is 1. The van der Waals surface area contributed by atoms with E-state index in [0.29, 0.717) is 17.3 Å². The molecule has 7 heteroatoms. The molecule has 0 spiro atoms. The van der Waals surface area contributed by atoms with Crippen LogP contribution in [0.3, 0.4) is 0 Å². The first kappa shape index (κ1) is 17.0. The van der Waals surface area contributed by atoms with E-state index in [1.165, 1.54) is 0 Å². The second-order valence-electron chi connectivity index (χ2n) is 5.96. The number of hydrogen-bond acceptors (Lipinski definition) is 5. The van der Waals surface area contributed by atoms with Crippen LogP contribution in [0.4, 0.5) is 0 Å². The van der Waals surface area contributed by atoms with Gasteiger partial charge in [-0.15, -0.1) is 0 Å². The summed E-state index contributed by atoms with van der Waals surface area (Å²) in [5, 5.41) is 7.58. The number of amides is 1. The van der Waals surface area contributed by atoms with Crippen LogP contribution >= 0.6 is 0 Å². The molecule has 0 fully saturated rings. The maximum Gasteiger partial charge on any atom is 0.254 e. The highest BCUT2D eigenvalue weighted by Gasteiger charge is 2.23. The van der Waals surface area contributed by atoms with E-state index >= 15 is 0 Å². The Balaban J connectivity index is 2.01. The second-order valence-corrected chi connectivity index (χ2v) is 5.96. The highest BCUT2D eigenvalue weighted by molar-refractivity contribution is 6.08. The Hall–Kier alpha value is -2.83. The highest BCUT2D eigenvalue weighted by atomic mass is 16.5. The molecule has 2 aromatic heterocycles. The zero-order valence-electron chi connectivity index (χ0n) is 15.1. The van der Waals surface area contributed by atoms with Crippen molar-refractivity contribution in [1.29, 1.82) is 0 Å². The van der Waals surface area contributed by atoms with Gasteiger partial charge in [-0.2, -0.15) is 4.98 Å². The second kappa shape index (κ2) is 6.58. The van der Waals surface area contributed by atoms with Crippen LogP contribution in [0.15, 0.2) is 22.7 Å². The molecule has 0 unspecified atom stereocenters. The summed E-state index contributed by atoms with van der Waals surface area (Å²) in [7, 11) is 1.62. The number of carbonyl (C=O) groups excluding carboxylic acids is 1. The first-order valence-electron chi connectivity index (χ1n) is 8.24. The number of carbonyl (C=O) groups is 1. The van der Waals surface area contributed by atoms with Crippen molar-refractivity contribution in [3.05, 3.63) is 41.2 Å². The van der Waals surface area contributed by atoms with Crippen molar-refractivity contribution < 1.29 is 14.1 Å². The molecule has 1 atom stereocenters. The molecule has 0 saturated carbocycles. The quantitative estimate of drug-likeness (QED) is 0.770. The van der Waals surface area contributed by atoms with Gasteiger partial charge in [0.15, 0.2) is 5.82 Å². The lowest BCUT2D eigenvalue weighted by Crippen LogP contribution is -2.27. The molecule has 0 aliphatic rings. The summed E-state index contributed by atoms with van der Waals surface area (Å²) in [6.45, 7) is 8.35. The largest absolute Gasteiger partial charge is 0.497 e. The fourth-order valence-electron chi connectivity index (χ4n) is 3.10. The number of fused-ring (bicyclic) bond motifs is 1. The van der Waals surface area contributed by atoms with E-state index in [2.05, 4.69) is 26.9 Å². The van der Waals surface area contributed by atoms with E-state index < -0.39 is 0 Å². The van der Waals surface area contributed by atoms with E-state index in [0.717, 1.165) is 28.9 Å². The van der Waals surface area contributed by atoms with Crippen LogP contribution in [0.25, 0.3) is 10.9 Å². The molecule has 0 radical (unpaired) electrons. The van der Waals surface area contributed by atoms with E-state index in [-0.39, 0.29) is 11.9 Å². The molecule has 0 aliphatic heterocycles. The lowest BCUT2D eigenvalue weighted by Gasteiger charge is -2.10. The minimum atomic E-state index is -0.376. The van der Waals surface area contributed by atoms with E-state index in [1.807, 2.05) is 32.0 Å². The van der Waals surface area contributed by atoms with Crippen LogP contribution < -0.4 is 10.1 Å². The molecule has 1 aromatic carbocycles. The standard InChI is InChI=1S/C18H22N4O3/c1-6-22-11(3)16(14-9-13(24-5)7-8-15(14)22)17(23)19-10(2)18-20-12(4)21-25-18/h7-10H,6H2,1-5H3,(H,19,23)/t10-/m0/s1. The van der Waals surface area contributed by atoms with Crippen molar-refractivity contribution in [2.45, 2.75) is 40.3 Å². The first-order valence-corrected chi connectivity index (χ1v) is 8.24. The summed E-state index contributed by atoms with van der Waals surface area (Å²) in [6, 6.07) is 5.40. The molecular formula is C18H22N4O3. The maximum atomic E-state index is 12.9. The van der Waals surface area contributed by atoms with Gasteiger partial charge >= 0.3 is 0 Å². The van der Waals surface area contributed by atoms with E-state index in [4.69, 9.17) is 9.26 Å². The zero-order chi connectivity index (χ0) is 18.1. The van der Waals surface area contributed by atoms with Crippen LogP contribution in [0.2, 0.25) is 0 Å². The Morgan fingerprint density at radius 2 is 2.16 bits per heavy atom. The minimum absolute atomic E-state index is 0.175. The van der Waals surface area contributed by atoms with E-state index in [1.54, 1.807) is 14.0 Å². The summed E-state index contributed by atoms with van der Waals surface area (Å²) < 4.78 is 12.6. The molecule has 3 rings (SSSR count). The molecular weight excluding hydrogens is 320 g/mol. The summed E-state index contributed by atoms with van der Waals surface area (Å²) in [5.41, 5.74) is 2.56. The molecule has 3 aromatic rings. The van der Waals surface area contributed by atoms with Gasteiger partial charge in [-0.3, -0.25) is 4.79 Å². The average molecular weight is 342 g/mol. The predicted octanol–water partition coefficient (Wildman–Crippen LogP) is 3.16. The Morgan fingerprint density at radius 3 is 2.76 bits per heavy atom. The van der Waals surface area contributed by atoms with Crippen molar-refractivity contribution in [3.63, 3.8) is 0 Å². The van der Waals surface area contributed by atoms with Gasteiger partial charge in [-0.05, 0) is 45.9 Å². The number of nitrogens with zero attached hydrogens (tertiary/aromatic N) is 3. The summed E-state index contributed by atoms with van der Waals surface area (Å²) in [5.74, 6) is 1.47. The van der Waals surface area contributed by atoms with Gasteiger partial charge in [-0.1, -0.05) is 5.16 Å². The van der Waals surface area contributed by atoms with Crippen molar-refractivity contribution in [3.8, 4) is 5.75 Å². The Kier molecular flexibility index (Phi) is 4.48. The van der Waals surface area contributed by atoms with Crippen molar-refractivity contribution in [2.24, 2.45) is 0 Å². The van der Waals surface area contributed by atoms with Crippen LogP contribution in [0.5, 0.6) is 5.75 Å². The van der Waals surface area contributed by atoms with Crippen LogP contribution in [0, 0.1) is 13.8 Å². The third kappa shape index (κ3) is 2.97. The average Bonchev–Trinajstić information content (AvgIpc) is 3.14. The smallest absolute Gasteiger partial charge is 0.254 e. The fourth-order valence-corrected chi connectivity index (χ4v) is 3.10. The first-order chi connectivity index (χ1) is 12.0. The van der Waals surface area contributed by atoms with Crippen molar-refractivity contribution in [2.75, 3.05) is 7.11 Å². The molecule has 2 heterocycles. The van der Waals surface area contributed by atoms with Gasteiger partial charge in [0.25, 0.3) is 5.91 Å². The number of aryl methyl sites for hydroxylation is 2. The number of benzene rings is 1. The van der Waals surface area contributed by atoms with Gasteiger partial charge in [0.1, 0.15) is 11.8 Å². The number of rotatable bonds is 5. The van der Waals surface area contributed by atoms with Crippen LogP contribution in [0.1, 0.15) is 47.7 Å². The van der Waals surface area contributed by atoms with Gasteiger partial charge in [0.2, 0.25) is 5.89 Å². The fraction of sp³-hybridized carbons (Fsp3) is 0.389. The molecule has 1 N–H and O–H groups in total. The van der Waals surface area contributed by atoms with Crippen molar-refractivity contribution in [1.82, 2.24) is 20.0 Å². The highest BCUT2D eigenvalue weighted by Crippen LogP contribution is 2.30. The minimum Gasteiger partial charge on any atom is -0.497 e. The number of methoxy groups -OCH3 is 1. The summed E-state index contributed by atoms with van der Waals surface area (Å²) in [6.07, 6.45) is 0. The van der Waals surface area contributed by atoms with Gasteiger partial charge in [0, 0.05) is 23.1 Å². The number of ether oxygens (including phenoxy) is 1. The SMILES string of the molecule is CCn1c(C)c(C(=O)N[C@@H](C)c2nc(C)no2)c2cc(OC)ccc21. The molecule has 25 heavy (non-hydrogen) atoms. The lowest BCUT2D eigenvalue weighted by atomic mass is 10.1. The van der Waals surface area contributed by atoms with Crippen molar-refractivity contribution >= 4 is 16.8 Å². The Morgan fingerprint density at radius 1 is 1.40 bits per heavy atom. The normalized spacial score (nSPS) is 12.4. The third-order valence-electron chi connectivity index (χ3n) is 4.34.